The first-order valence-corrected chi connectivity index (χ1v) is 14.0. The molecular weight excluding hydrogens is 570 g/mol. The van der Waals surface area contributed by atoms with E-state index < -0.39 is 18.1 Å². The van der Waals surface area contributed by atoms with Crippen LogP contribution in [-0.2, 0) is 14.4 Å². The second kappa shape index (κ2) is 14.5. The van der Waals surface area contributed by atoms with Gasteiger partial charge in [0.15, 0.2) is 0 Å². The Balaban J connectivity index is 0.00000308. The number of unbranched alkanes of at least 4 members (excludes halogenated alkanes) is 1. The van der Waals surface area contributed by atoms with E-state index in [-0.39, 0.29) is 55.8 Å². The van der Waals surface area contributed by atoms with E-state index in [1.54, 1.807) is 52.3 Å². The Morgan fingerprint density at radius 2 is 1.56 bits per heavy atom. The summed E-state index contributed by atoms with van der Waals surface area (Å²) in [4.78, 5) is 43.2. The topological polar surface area (TPSA) is 77.9 Å². The minimum absolute atomic E-state index is 0. The van der Waals surface area contributed by atoms with Crippen molar-refractivity contribution >= 4 is 46.7 Å². The third kappa shape index (κ3) is 7.82. The number of carbonyl (C=O) groups excluding carboxylic acids is 2. The molecule has 0 aromatic heterocycles. The van der Waals surface area contributed by atoms with Gasteiger partial charge < -0.3 is 16.3 Å². The van der Waals surface area contributed by atoms with Crippen LogP contribution in [0.1, 0.15) is 67.5 Å². The molecule has 41 heavy (non-hydrogen) atoms. The normalized spacial score (nSPS) is 16.1. The predicted octanol–water partition coefficient (Wildman–Crippen LogP) is 4.50. The van der Waals surface area contributed by atoms with Crippen LogP contribution in [0.3, 0.4) is 0 Å². The Morgan fingerprint density at radius 1 is 0.951 bits per heavy atom. The third-order valence-corrected chi connectivity index (χ3v) is 7.73. The SMILES string of the molecule is Cc1ccc(C)c(C2=CC(=O)N([C@H](C)c3ccc(Cl)cc3)C(c3ccc(Cl)cc3)C(=O)N2CCCCC(=O)O)c1.[H-].[Na+]. The number of carboxylic acids is 1. The number of nitrogens with zero attached hydrogens (tertiary/aromatic N) is 2. The summed E-state index contributed by atoms with van der Waals surface area (Å²) < 4.78 is 0. The van der Waals surface area contributed by atoms with Gasteiger partial charge in [0.25, 0.3) is 5.91 Å². The van der Waals surface area contributed by atoms with E-state index in [1.165, 1.54) is 0 Å². The largest absolute Gasteiger partial charge is 1.00 e. The van der Waals surface area contributed by atoms with Crippen LogP contribution >= 0.6 is 23.2 Å². The van der Waals surface area contributed by atoms with E-state index in [4.69, 9.17) is 28.3 Å². The van der Waals surface area contributed by atoms with Crippen LogP contribution in [0.25, 0.3) is 5.70 Å². The van der Waals surface area contributed by atoms with Crippen molar-refractivity contribution < 1.29 is 50.5 Å². The number of carbonyl (C=O) groups is 3. The first-order chi connectivity index (χ1) is 19.1. The zero-order valence-corrected chi connectivity index (χ0v) is 27.2. The van der Waals surface area contributed by atoms with Crippen LogP contribution < -0.4 is 29.6 Å². The quantitative estimate of drug-likeness (QED) is 0.289. The van der Waals surface area contributed by atoms with Crippen LogP contribution in [0.15, 0.2) is 72.8 Å². The standard InChI is InChI=1S/C32H32Cl2N2O4.Na.H/c1-20-7-8-21(2)27(18-20)28-19-29(37)36(22(3)23-9-13-25(33)14-10-23)31(24-11-15-26(34)16-12-24)32(40)35(28)17-5-4-6-30(38)39;;/h7-16,18-19,22,31H,4-6,17H2,1-3H3,(H,38,39);;/q;+1;-1/t22-,31?;;/m1../s1. The molecular formula is C32H33Cl2N2NaO4. The van der Waals surface area contributed by atoms with Gasteiger partial charge in [-0.1, -0.05) is 65.2 Å². The maximum atomic E-state index is 14.6. The minimum Gasteiger partial charge on any atom is -1.00 e. The fourth-order valence-corrected chi connectivity index (χ4v) is 5.31. The van der Waals surface area contributed by atoms with Crippen LogP contribution in [-0.4, -0.2) is 39.2 Å². The molecule has 0 fully saturated rings. The molecule has 1 aliphatic heterocycles. The fraction of sp³-hybridized carbons (Fsp3) is 0.281. The number of amides is 2. The summed E-state index contributed by atoms with van der Waals surface area (Å²) >= 11 is 12.3. The number of hydrogen-bond donors (Lipinski definition) is 1. The number of carboxylic acid groups (broad SMARTS) is 1. The summed E-state index contributed by atoms with van der Waals surface area (Å²) in [5.41, 5.74) is 4.69. The molecule has 0 saturated carbocycles. The second-order valence-electron chi connectivity index (χ2n) is 10.1. The van der Waals surface area contributed by atoms with E-state index in [1.807, 2.05) is 51.1 Å². The van der Waals surface area contributed by atoms with Gasteiger partial charge in [-0.2, -0.15) is 0 Å². The van der Waals surface area contributed by atoms with Gasteiger partial charge >= 0.3 is 35.5 Å². The van der Waals surface area contributed by atoms with Crippen LogP contribution in [0.2, 0.25) is 10.0 Å². The summed E-state index contributed by atoms with van der Waals surface area (Å²) in [6, 6.07) is 18.7. The zero-order chi connectivity index (χ0) is 29.0. The summed E-state index contributed by atoms with van der Waals surface area (Å²) in [6.45, 7) is 6.08. The van der Waals surface area contributed by atoms with Crippen molar-refractivity contribution in [2.24, 2.45) is 0 Å². The second-order valence-corrected chi connectivity index (χ2v) is 11.0. The number of benzene rings is 3. The Kier molecular flexibility index (Phi) is 11.7. The number of rotatable bonds is 9. The van der Waals surface area contributed by atoms with Crippen molar-refractivity contribution in [3.63, 3.8) is 0 Å². The molecule has 3 aromatic carbocycles. The van der Waals surface area contributed by atoms with E-state index in [0.29, 0.717) is 34.1 Å². The molecule has 9 heteroatoms. The van der Waals surface area contributed by atoms with Crippen molar-refractivity contribution in [3.05, 3.63) is 111 Å². The molecule has 0 saturated heterocycles. The molecule has 0 radical (unpaired) electrons. The maximum Gasteiger partial charge on any atom is 1.00 e. The number of hydrogen-bond acceptors (Lipinski definition) is 3. The van der Waals surface area contributed by atoms with Crippen molar-refractivity contribution in [3.8, 4) is 0 Å². The monoisotopic (exact) mass is 602 g/mol. The summed E-state index contributed by atoms with van der Waals surface area (Å²) in [7, 11) is 0. The van der Waals surface area contributed by atoms with Crippen molar-refractivity contribution in [1.82, 2.24) is 9.80 Å². The maximum absolute atomic E-state index is 14.6. The van der Waals surface area contributed by atoms with Gasteiger partial charge in [0.1, 0.15) is 6.04 Å². The molecule has 1 N–H and O–H groups in total. The fourth-order valence-electron chi connectivity index (χ4n) is 5.06. The van der Waals surface area contributed by atoms with Gasteiger partial charge in [-0.15, -0.1) is 0 Å². The molecule has 210 valence electrons. The molecule has 1 heterocycles. The molecule has 1 aliphatic rings. The van der Waals surface area contributed by atoms with Crippen molar-refractivity contribution in [2.45, 2.75) is 52.1 Å². The Morgan fingerprint density at radius 3 is 2.17 bits per heavy atom. The van der Waals surface area contributed by atoms with Gasteiger partial charge in [0.05, 0.1) is 11.7 Å². The molecule has 2 amide bonds. The molecule has 0 spiro atoms. The molecule has 3 aromatic rings. The number of aliphatic carboxylic acids is 1. The van der Waals surface area contributed by atoms with Gasteiger partial charge in [0.2, 0.25) is 5.91 Å². The third-order valence-electron chi connectivity index (χ3n) is 7.23. The van der Waals surface area contributed by atoms with Crippen LogP contribution in [0.4, 0.5) is 0 Å². The van der Waals surface area contributed by atoms with E-state index in [2.05, 4.69) is 0 Å². The van der Waals surface area contributed by atoms with Gasteiger partial charge in [-0.05, 0) is 80.6 Å². The van der Waals surface area contributed by atoms with E-state index in [9.17, 15) is 14.4 Å². The zero-order valence-electron chi connectivity index (χ0n) is 24.7. The van der Waals surface area contributed by atoms with E-state index in [0.717, 1.165) is 22.3 Å². The van der Waals surface area contributed by atoms with Crippen LogP contribution in [0.5, 0.6) is 0 Å². The van der Waals surface area contributed by atoms with Gasteiger partial charge in [-0.25, -0.2) is 0 Å². The van der Waals surface area contributed by atoms with Crippen molar-refractivity contribution in [2.75, 3.05) is 6.54 Å². The predicted molar refractivity (Wildman–Crippen MR) is 159 cm³/mol. The summed E-state index contributed by atoms with van der Waals surface area (Å²) in [5.74, 6) is -1.46. The number of aryl methyl sites for hydroxylation is 2. The first-order valence-electron chi connectivity index (χ1n) is 13.2. The van der Waals surface area contributed by atoms with Gasteiger partial charge in [-0.3, -0.25) is 14.4 Å². The molecule has 1 unspecified atom stereocenters. The minimum atomic E-state index is -0.936. The molecule has 4 rings (SSSR count). The average molecular weight is 604 g/mol. The average Bonchev–Trinajstić information content (AvgIpc) is 3.02. The Hall–Kier alpha value is -2.61. The Labute approximate surface area is 274 Å². The molecule has 2 atom stereocenters. The van der Waals surface area contributed by atoms with E-state index >= 15 is 0 Å². The molecule has 0 bridgehead atoms. The smallest absolute Gasteiger partial charge is 1.00 e. The molecule has 6 nitrogen and oxygen atoms in total. The summed E-state index contributed by atoms with van der Waals surface area (Å²) in [5, 5.41) is 10.2. The Bertz CT molecular complexity index is 1450. The van der Waals surface area contributed by atoms with Gasteiger partial charge in [0, 0.05) is 34.7 Å². The first kappa shape index (κ1) is 32.9. The van der Waals surface area contributed by atoms with Crippen LogP contribution in [0, 0.1) is 13.8 Å². The van der Waals surface area contributed by atoms with Crippen molar-refractivity contribution in [1.29, 1.82) is 0 Å². The summed E-state index contributed by atoms with van der Waals surface area (Å²) in [6.07, 6.45) is 2.42. The molecule has 0 aliphatic carbocycles. The number of halogens is 2.